The number of esters is 1. The molecule has 0 amide bonds. The van der Waals surface area contributed by atoms with Gasteiger partial charge < -0.3 is 9.47 Å². The van der Waals surface area contributed by atoms with Gasteiger partial charge >= 0.3 is 5.97 Å². The van der Waals surface area contributed by atoms with Gasteiger partial charge in [-0.3, -0.25) is 4.79 Å². The van der Waals surface area contributed by atoms with Crippen molar-refractivity contribution in [2.75, 3.05) is 6.61 Å². The highest BCUT2D eigenvalue weighted by Crippen LogP contribution is 2.37. The highest BCUT2D eigenvalue weighted by molar-refractivity contribution is 9.11. The van der Waals surface area contributed by atoms with Gasteiger partial charge in [-0.1, -0.05) is 30.3 Å². The van der Waals surface area contributed by atoms with Gasteiger partial charge in [0.1, 0.15) is 12.4 Å². The number of benzene rings is 2. The van der Waals surface area contributed by atoms with Crippen molar-refractivity contribution in [1.82, 2.24) is 0 Å². The number of carbonyl (C=O) groups is 1. The second-order valence-corrected chi connectivity index (χ2v) is 7.64. The van der Waals surface area contributed by atoms with Gasteiger partial charge in [0.05, 0.1) is 16.8 Å². The highest BCUT2D eigenvalue weighted by Gasteiger charge is 2.15. The van der Waals surface area contributed by atoms with Crippen LogP contribution in [0.25, 0.3) is 10.1 Å². The molecule has 0 aliphatic carbocycles. The highest BCUT2D eigenvalue weighted by atomic mass is 79.9. The van der Waals surface area contributed by atoms with Crippen LogP contribution in [0.1, 0.15) is 18.1 Å². The maximum Gasteiger partial charge on any atom is 0.310 e. The lowest BCUT2D eigenvalue weighted by atomic mass is 10.1. The molecule has 0 saturated heterocycles. The average Bonchev–Trinajstić information content (AvgIpc) is 2.89. The molecular weight excluding hydrogens is 388 g/mol. The van der Waals surface area contributed by atoms with E-state index in [2.05, 4.69) is 15.9 Å². The predicted octanol–water partition coefficient (Wildman–Crippen LogP) is 5.35. The van der Waals surface area contributed by atoms with Crippen LogP contribution in [-0.2, 0) is 22.6 Å². The third-order valence-corrected chi connectivity index (χ3v) is 5.54. The zero-order valence-electron chi connectivity index (χ0n) is 13.3. The second kappa shape index (κ2) is 7.81. The van der Waals surface area contributed by atoms with Crippen LogP contribution in [0.4, 0.5) is 0 Å². The van der Waals surface area contributed by atoms with Crippen LogP contribution in [0.3, 0.4) is 0 Å². The van der Waals surface area contributed by atoms with Crippen molar-refractivity contribution in [2.24, 2.45) is 0 Å². The van der Waals surface area contributed by atoms with Crippen molar-refractivity contribution in [3.8, 4) is 5.75 Å². The van der Waals surface area contributed by atoms with E-state index in [0.29, 0.717) is 13.2 Å². The topological polar surface area (TPSA) is 35.5 Å². The number of fused-ring (bicyclic) bond motifs is 1. The molecule has 124 valence electrons. The van der Waals surface area contributed by atoms with E-state index >= 15 is 0 Å². The Labute approximate surface area is 153 Å². The molecule has 0 bridgehead atoms. The summed E-state index contributed by atoms with van der Waals surface area (Å²) < 4.78 is 13.0. The number of hydrogen-bond donors (Lipinski definition) is 0. The number of halogens is 1. The van der Waals surface area contributed by atoms with Crippen LogP contribution in [0, 0.1) is 0 Å². The molecular formula is C19H17BrO3S. The van der Waals surface area contributed by atoms with E-state index < -0.39 is 0 Å². The van der Waals surface area contributed by atoms with Gasteiger partial charge in [-0.2, -0.15) is 0 Å². The molecule has 0 N–H and O–H groups in total. The minimum Gasteiger partial charge on any atom is -0.489 e. The first-order valence-corrected chi connectivity index (χ1v) is 9.31. The van der Waals surface area contributed by atoms with E-state index in [1.807, 2.05) is 55.5 Å². The van der Waals surface area contributed by atoms with Crippen molar-refractivity contribution in [1.29, 1.82) is 0 Å². The van der Waals surface area contributed by atoms with Crippen LogP contribution in [0.2, 0.25) is 0 Å². The number of ether oxygens (including phenoxy) is 2. The molecule has 0 spiro atoms. The molecule has 0 atom stereocenters. The molecule has 0 radical (unpaired) electrons. The monoisotopic (exact) mass is 404 g/mol. The Kier molecular flexibility index (Phi) is 5.53. The van der Waals surface area contributed by atoms with Crippen LogP contribution in [-0.4, -0.2) is 12.6 Å². The first kappa shape index (κ1) is 17.0. The predicted molar refractivity (Wildman–Crippen MR) is 101 cm³/mol. The molecule has 1 heterocycles. The Morgan fingerprint density at radius 3 is 2.71 bits per heavy atom. The van der Waals surface area contributed by atoms with Gasteiger partial charge in [0.2, 0.25) is 0 Å². The third-order valence-electron chi connectivity index (χ3n) is 3.59. The minimum absolute atomic E-state index is 0.206. The van der Waals surface area contributed by atoms with Crippen molar-refractivity contribution in [3.05, 3.63) is 63.4 Å². The Hall–Kier alpha value is -1.85. The Bertz CT molecular complexity index is 842. The summed E-state index contributed by atoms with van der Waals surface area (Å²) in [6, 6.07) is 16.0. The summed E-state index contributed by atoms with van der Waals surface area (Å²) in [7, 11) is 0. The molecule has 2 aromatic carbocycles. The zero-order valence-corrected chi connectivity index (χ0v) is 15.7. The molecule has 0 aliphatic rings. The van der Waals surface area contributed by atoms with Gasteiger partial charge in [0.25, 0.3) is 0 Å². The standard InChI is InChI=1S/C19H17BrO3S/c1-2-22-18(21)11-16-15-9-8-14(10-17(15)24-19(16)20)23-12-13-6-4-3-5-7-13/h3-10H,2,11-12H2,1H3. The largest absolute Gasteiger partial charge is 0.489 e. The SMILES string of the molecule is CCOC(=O)Cc1c(Br)sc2cc(OCc3ccccc3)ccc12. The van der Waals surface area contributed by atoms with E-state index in [0.717, 1.165) is 30.7 Å². The van der Waals surface area contributed by atoms with Gasteiger partial charge in [-0.25, -0.2) is 0 Å². The van der Waals surface area contributed by atoms with Crippen molar-refractivity contribution < 1.29 is 14.3 Å². The lowest BCUT2D eigenvalue weighted by Crippen LogP contribution is -2.07. The van der Waals surface area contributed by atoms with E-state index in [1.165, 1.54) is 0 Å². The number of rotatable bonds is 6. The summed E-state index contributed by atoms with van der Waals surface area (Å²) in [5.74, 6) is 0.616. The molecule has 0 unspecified atom stereocenters. The van der Waals surface area contributed by atoms with E-state index in [-0.39, 0.29) is 12.4 Å². The first-order chi connectivity index (χ1) is 11.7. The lowest BCUT2D eigenvalue weighted by Gasteiger charge is -2.06. The third kappa shape index (κ3) is 3.97. The quantitative estimate of drug-likeness (QED) is 0.519. The Morgan fingerprint density at radius 1 is 1.17 bits per heavy atom. The van der Waals surface area contributed by atoms with Crippen LogP contribution in [0.5, 0.6) is 5.75 Å². The fraction of sp³-hybridized carbons (Fsp3) is 0.211. The molecule has 3 aromatic rings. The van der Waals surface area contributed by atoms with Gasteiger partial charge in [-0.15, -0.1) is 11.3 Å². The maximum atomic E-state index is 11.8. The number of thiophene rings is 1. The molecule has 1 aromatic heterocycles. The zero-order chi connectivity index (χ0) is 16.9. The van der Waals surface area contributed by atoms with Crippen molar-refractivity contribution in [2.45, 2.75) is 20.0 Å². The second-order valence-electron chi connectivity index (χ2n) is 5.27. The van der Waals surface area contributed by atoms with Crippen molar-refractivity contribution >= 4 is 43.3 Å². The van der Waals surface area contributed by atoms with Crippen LogP contribution >= 0.6 is 27.3 Å². The van der Waals surface area contributed by atoms with Crippen LogP contribution in [0.15, 0.2) is 52.3 Å². The number of carbonyl (C=O) groups excluding carboxylic acids is 1. The van der Waals surface area contributed by atoms with Gasteiger partial charge in [0, 0.05) is 4.70 Å². The molecule has 5 heteroatoms. The molecule has 3 rings (SSSR count). The van der Waals surface area contributed by atoms with E-state index in [1.54, 1.807) is 11.3 Å². The molecule has 0 saturated carbocycles. The van der Waals surface area contributed by atoms with Crippen LogP contribution < -0.4 is 4.74 Å². The maximum absolute atomic E-state index is 11.8. The summed E-state index contributed by atoms with van der Waals surface area (Å²) in [6.07, 6.45) is 0.276. The summed E-state index contributed by atoms with van der Waals surface area (Å²) in [5, 5.41) is 1.06. The summed E-state index contributed by atoms with van der Waals surface area (Å²) in [6.45, 7) is 2.75. The normalized spacial score (nSPS) is 10.8. The molecule has 24 heavy (non-hydrogen) atoms. The van der Waals surface area contributed by atoms with Gasteiger partial charge in [-0.05, 0) is 57.6 Å². The fourth-order valence-electron chi connectivity index (χ4n) is 2.45. The smallest absolute Gasteiger partial charge is 0.310 e. The fourth-order valence-corrected chi connectivity index (χ4v) is 4.30. The van der Waals surface area contributed by atoms with E-state index in [9.17, 15) is 4.79 Å². The molecule has 0 fully saturated rings. The molecule has 3 nitrogen and oxygen atoms in total. The average molecular weight is 405 g/mol. The lowest BCUT2D eigenvalue weighted by molar-refractivity contribution is -0.142. The molecule has 0 aliphatic heterocycles. The summed E-state index contributed by atoms with van der Waals surface area (Å²) in [5.41, 5.74) is 2.11. The Balaban J connectivity index is 1.78. The first-order valence-electron chi connectivity index (χ1n) is 7.70. The van der Waals surface area contributed by atoms with Gasteiger partial charge in [0.15, 0.2) is 0 Å². The summed E-state index contributed by atoms with van der Waals surface area (Å²) >= 11 is 5.16. The summed E-state index contributed by atoms with van der Waals surface area (Å²) in [4.78, 5) is 11.8. The minimum atomic E-state index is -0.206. The van der Waals surface area contributed by atoms with Crippen molar-refractivity contribution in [3.63, 3.8) is 0 Å². The van der Waals surface area contributed by atoms with E-state index in [4.69, 9.17) is 9.47 Å². The number of hydrogen-bond acceptors (Lipinski definition) is 4. The Morgan fingerprint density at radius 2 is 1.96 bits per heavy atom.